The highest BCUT2D eigenvalue weighted by Gasteiger charge is 2.15. The first-order valence-electron chi connectivity index (χ1n) is 5.95. The van der Waals surface area contributed by atoms with E-state index in [0.29, 0.717) is 6.04 Å². The molecular formula is C12H22BrN3. The zero-order valence-corrected chi connectivity index (χ0v) is 12.3. The molecule has 0 radical (unpaired) electrons. The molecule has 0 aliphatic carbocycles. The van der Waals surface area contributed by atoms with Crippen LogP contribution < -0.4 is 5.32 Å². The Bertz CT molecular complexity index is 333. The number of aryl methyl sites for hydroxylation is 2. The highest BCUT2D eigenvalue weighted by Crippen LogP contribution is 2.22. The topological polar surface area (TPSA) is 29.9 Å². The van der Waals surface area contributed by atoms with Crippen LogP contribution >= 0.6 is 15.9 Å². The fraction of sp³-hybridized carbons (Fsp3) is 0.750. The third-order valence-corrected chi connectivity index (χ3v) is 4.05. The van der Waals surface area contributed by atoms with Gasteiger partial charge in [-0.3, -0.25) is 4.68 Å². The number of halogens is 1. The molecule has 1 aromatic rings. The van der Waals surface area contributed by atoms with Crippen molar-refractivity contribution >= 4 is 15.9 Å². The van der Waals surface area contributed by atoms with Crippen LogP contribution in [0.1, 0.15) is 37.6 Å². The van der Waals surface area contributed by atoms with Gasteiger partial charge in [-0.1, -0.05) is 19.8 Å². The van der Waals surface area contributed by atoms with Crippen molar-refractivity contribution in [2.75, 3.05) is 7.05 Å². The van der Waals surface area contributed by atoms with Crippen molar-refractivity contribution in [3.8, 4) is 0 Å². The molecule has 0 aromatic carbocycles. The summed E-state index contributed by atoms with van der Waals surface area (Å²) in [6.45, 7) is 4.27. The predicted molar refractivity (Wildman–Crippen MR) is 71.7 cm³/mol. The second-order valence-corrected chi connectivity index (χ2v) is 5.09. The maximum Gasteiger partial charge on any atom is 0.0738 e. The van der Waals surface area contributed by atoms with Crippen LogP contribution in [-0.4, -0.2) is 22.9 Å². The van der Waals surface area contributed by atoms with Gasteiger partial charge >= 0.3 is 0 Å². The van der Waals surface area contributed by atoms with Gasteiger partial charge in [-0.05, 0) is 36.3 Å². The summed E-state index contributed by atoms with van der Waals surface area (Å²) in [5.74, 6) is 0. The molecule has 0 aliphatic heterocycles. The number of nitrogens with one attached hydrogen (secondary N) is 1. The van der Waals surface area contributed by atoms with Crippen molar-refractivity contribution in [3.63, 3.8) is 0 Å². The second-order valence-electron chi connectivity index (χ2n) is 4.30. The molecule has 3 nitrogen and oxygen atoms in total. The SMILES string of the molecule is CCCCC(Cc1c(Br)c(C)nn1C)NC. The van der Waals surface area contributed by atoms with Crippen molar-refractivity contribution in [3.05, 3.63) is 15.9 Å². The van der Waals surface area contributed by atoms with Crippen LogP contribution in [0.5, 0.6) is 0 Å². The molecule has 1 heterocycles. The van der Waals surface area contributed by atoms with E-state index in [4.69, 9.17) is 0 Å². The molecule has 1 unspecified atom stereocenters. The average molecular weight is 288 g/mol. The molecule has 1 N–H and O–H groups in total. The Hall–Kier alpha value is -0.350. The predicted octanol–water partition coefficient (Wildman–Crippen LogP) is 2.81. The van der Waals surface area contributed by atoms with Gasteiger partial charge in [0.05, 0.1) is 15.9 Å². The molecule has 1 atom stereocenters. The van der Waals surface area contributed by atoms with E-state index in [1.807, 2.05) is 25.7 Å². The molecule has 0 aliphatic rings. The smallest absolute Gasteiger partial charge is 0.0738 e. The van der Waals surface area contributed by atoms with Gasteiger partial charge in [0.2, 0.25) is 0 Å². The number of likely N-dealkylation sites (N-methyl/N-ethyl adjacent to an activating group) is 1. The third-order valence-electron chi connectivity index (χ3n) is 3.02. The Morgan fingerprint density at radius 2 is 2.19 bits per heavy atom. The zero-order valence-electron chi connectivity index (χ0n) is 10.7. The molecule has 16 heavy (non-hydrogen) atoms. The summed E-state index contributed by atoms with van der Waals surface area (Å²) in [4.78, 5) is 0. The summed E-state index contributed by atoms with van der Waals surface area (Å²) < 4.78 is 3.14. The van der Waals surface area contributed by atoms with E-state index in [2.05, 4.69) is 33.3 Å². The minimum absolute atomic E-state index is 0.547. The van der Waals surface area contributed by atoms with Gasteiger partial charge < -0.3 is 5.32 Å². The molecule has 0 amide bonds. The summed E-state index contributed by atoms with van der Waals surface area (Å²) in [6.07, 6.45) is 4.79. The summed E-state index contributed by atoms with van der Waals surface area (Å²) in [6, 6.07) is 0.547. The van der Waals surface area contributed by atoms with E-state index in [1.165, 1.54) is 25.0 Å². The molecule has 1 rings (SSSR count). The Kier molecular flexibility index (Phi) is 5.49. The molecule has 0 saturated carbocycles. The first-order valence-corrected chi connectivity index (χ1v) is 6.74. The minimum Gasteiger partial charge on any atom is -0.317 e. The molecule has 0 spiro atoms. The van der Waals surface area contributed by atoms with Gasteiger partial charge in [-0.25, -0.2) is 0 Å². The molecule has 0 bridgehead atoms. The number of hydrogen-bond acceptors (Lipinski definition) is 2. The van der Waals surface area contributed by atoms with Gasteiger partial charge in [0, 0.05) is 19.5 Å². The fourth-order valence-electron chi connectivity index (χ4n) is 1.93. The zero-order chi connectivity index (χ0) is 12.1. The van der Waals surface area contributed by atoms with Crippen molar-refractivity contribution in [2.24, 2.45) is 7.05 Å². The Morgan fingerprint density at radius 1 is 1.50 bits per heavy atom. The van der Waals surface area contributed by atoms with Crippen LogP contribution in [-0.2, 0) is 13.5 Å². The quantitative estimate of drug-likeness (QED) is 0.872. The molecule has 92 valence electrons. The van der Waals surface area contributed by atoms with Gasteiger partial charge in [-0.2, -0.15) is 5.10 Å². The normalized spacial score (nSPS) is 13.1. The van der Waals surface area contributed by atoms with E-state index in [1.54, 1.807) is 0 Å². The first-order chi connectivity index (χ1) is 7.60. The Morgan fingerprint density at radius 3 is 2.62 bits per heavy atom. The average Bonchev–Trinajstić information content (AvgIpc) is 2.50. The van der Waals surface area contributed by atoms with Crippen LogP contribution in [0.3, 0.4) is 0 Å². The van der Waals surface area contributed by atoms with Gasteiger partial charge in [-0.15, -0.1) is 0 Å². The van der Waals surface area contributed by atoms with E-state index in [9.17, 15) is 0 Å². The Balaban J connectivity index is 2.69. The fourth-order valence-corrected chi connectivity index (χ4v) is 2.43. The highest BCUT2D eigenvalue weighted by molar-refractivity contribution is 9.10. The van der Waals surface area contributed by atoms with Crippen molar-refractivity contribution in [1.29, 1.82) is 0 Å². The van der Waals surface area contributed by atoms with E-state index in [-0.39, 0.29) is 0 Å². The number of rotatable bonds is 6. The minimum atomic E-state index is 0.547. The largest absolute Gasteiger partial charge is 0.317 e. The maximum absolute atomic E-state index is 4.42. The summed E-state index contributed by atoms with van der Waals surface area (Å²) >= 11 is 3.62. The third kappa shape index (κ3) is 3.32. The molecule has 4 heteroatoms. The lowest BCUT2D eigenvalue weighted by Crippen LogP contribution is -2.28. The number of unbranched alkanes of at least 4 members (excludes halogenated alkanes) is 1. The number of aromatic nitrogens is 2. The van der Waals surface area contributed by atoms with E-state index in [0.717, 1.165) is 16.6 Å². The standard InChI is InChI=1S/C12H22BrN3/c1-5-6-7-10(14-3)8-11-12(13)9(2)15-16(11)4/h10,14H,5-8H2,1-4H3. The van der Waals surface area contributed by atoms with Crippen LogP contribution in [0.2, 0.25) is 0 Å². The summed E-state index contributed by atoms with van der Waals surface area (Å²) in [5, 5.41) is 7.81. The highest BCUT2D eigenvalue weighted by atomic mass is 79.9. The van der Waals surface area contributed by atoms with Gasteiger partial charge in [0.1, 0.15) is 0 Å². The van der Waals surface area contributed by atoms with Gasteiger partial charge in [0.25, 0.3) is 0 Å². The first kappa shape index (κ1) is 13.7. The lowest BCUT2D eigenvalue weighted by atomic mass is 10.0. The number of hydrogen-bond donors (Lipinski definition) is 1. The summed E-state index contributed by atoms with van der Waals surface area (Å²) in [5.41, 5.74) is 2.36. The molecule has 0 fully saturated rings. The molecular weight excluding hydrogens is 266 g/mol. The monoisotopic (exact) mass is 287 g/mol. The van der Waals surface area contributed by atoms with Crippen molar-refractivity contribution in [1.82, 2.24) is 15.1 Å². The lowest BCUT2D eigenvalue weighted by molar-refractivity contribution is 0.484. The molecule has 0 saturated heterocycles. The van der Waals surface area contributed by atoms with Crippen molar-refractivity contribution in [2.45, 2.75) is 45.6 Å². The maximum atomic E-state index is 4.42. The van der Waals surface area contributed by atoms with Gasteiger partial charge in [0.15, 0.2) is 0 Å². The number of nitrogens with zero attached hydrogens (tertiary/aromatic N) is 2. The summed E-state index contributed by atoms with van der Waals surface area (Å²) in [7, 11) is 4.05. The van der Waals surface area contributed by atoms with Crippen molar-refractivity contribution < 1.29 is 0 Å². The van der Waals surface area contributed by atoms with Crippen LogP contribution in [0, 0.1) is 6.92 Å². The van der Waals surface area contributed by atoms with E-state index >= 15 is 0 Å². The second kappa shape index (κ2) is 6.40. The van der Waals surface area contributed by atoms with Crippen LogP contribution in [0.4, 0.5) is 0 Å². The van der Waals surface area contributed by atoms with E-state index < -0.39 is 0 Å². The van der Waals surface area contributed by atoms with Crippen LogP contribution in [0.15, 0.2) is 4.47 Å². The van der Waals surface area contributed by atoms with Crippen LogP contribution in [0.25, 0.3) is 0 Å². The lowest BCUT2D eigenvalue weighted by Gasteiger charge is -2.16. The molecule has 1 aromatic heterocycles. The Labute approximate surface area is 107 Å².